The molecule has 0 atom stereocenters. The van der Waals surface area contributed by atoms with Gasteiger partial charge in [-0.1, -0.05) is 0 Å². The number of allylic oxidation sites excluding steroid dienone is 1. The molecule has 2 aromatic heterocycles. The number of fused-ring (bicyclic) bond motifs is 10. The molecule has 1 aliphatic carbocycles. The van der Waals surface area contributed by atoms with Gasteiger partial charge in [0.05, 0.1) is 38.8 Å². The molecule has 2 aliphatic heterocycles. The molecular weight excluding hydrogens is 462 g/mol. The van der Waals surface area contributed by atoms with E-state index in [0.29, 0.717) is 35.6 Å². The third-order valence-electron chi connectivity index (χ3n) is 7.23. The van der Waals surface area contributed by atoms with Crippen LogP contribution in [0.25, 0.3) is 32.2 Å². The summed E-state index contributed by atoms with van der Waals surface area (Å²) < 4.78 is 7.71. The van der Waals surface area contributed by atoms with E-state index in [4.69, 9.17) is 9.72 Å². The highest BCUT2D eigenvalue weighted by Crippen LogP contribution is 2.48. The second-order valence-electron chi connectivity index (χ2n) is 9.13. The molecule has 0 saturated heterocycles. The predicted octanol–water partition coefficient (Wildman–Crippen LogP) is 4.72. The van der Waals surface area contributed by atoms with Crippen molar-refractivity contribution < 1.29 is 19.1 Å². The maximum absolute atomic E-state index is 13.2. The number of rotatable bonds is 3. The van der Waals surface area contributed by atoms with E-state index in [2.05, 4.69) is 16.8 Å². The third kappa shape index (κ3) is 2.65. The van der Waals surface area contributed by atoms with Crippen LogP contribution in [0.4, 0.5) is 0 Å². The van der Waals surface area contributed by atoms with Gasteiger partial charge in [-0.3, -0.25) is 19.7 Å². The van der Waals surface area contributed by atoms with Crippen molar-refractivity contribution in [3.63, 3.8) is 0 Å². The Morgan fingerprint density at radius 2 is 2.00 bits per heavy atom. The van der Waals surface area contributed by atoms with Crippen LogP contribution in [0, 0.1) is 6.92 Å². The topological polar surface area (TPSA) is 90.3 Å². The molecule has 0 radical (unpaired) electrons. The summed E-state index contributed by atoms with van der Waals surface area (Å²) in [6.45, 7) is 5.25. The third-order valence-corrected chi connectivity index (χ3v) is 8.26. The fourth-order valence-electron chi connectivity index (χ4n) is 5.88. The first-order chi connectivity index (χ1) is 17.0. The van der Waals surface area contributed by atoms with Crippen molar-refractivity contribution in [2.45, 2.75) is 39.7 Å². The van der Waals surface area contributed by atoms with Crippen LogP contribution in [-0.4, -0.2) is 33.8 Å². The average Bonchev–Trinajstić information content (AvgIpc) is 3.62. The van der Waals surface area contributed by atoms with E-state index in [9.17, 15) is 14.4 Å². The molecule has 0 bridgehead atoms. The Labute approximate surface area is 204 Å². The first-order valence-electron chi connectivity index (χ1n) is 11.8. The molecule has 7 rings (SSSR count). The lowest BCUT2D eigenvalue weighted by Crippen LogP contribution is -2.20. The highest BCUT2D eigenvalue weighted by atomic mass is 32.1. The summed E-state index contributed by atoms with van der Waals surface area (Å²) in [6, 6.07) is 5.61. The predicted molar refractivity (Wildman–Crippen MR) is 133 cm³/mol. The SMILES string of the molecule is CCn1c2ccc(C(=O)C3=CCCO3)cc2c2c3c(c4c(c21)CCc1nc(C)sc1-4)C(=O)NC3=O. The summed E-state index contributed by atoms with van der Waals surface area (Å²) >= 11 is 1.58. The number of thiazole rings is 1. The number of hydrogen-bond donors (Lipinski definition) is 1. The molecule has 174 valence electrons. The molecule has 0 spiro atoms. The molecule has 35 heavy (non-hydrogen) atoms. The van der Waals surface area contributed by atoms with Gasteiger partial charge >= 0.3 is 0 Å². The minimum atomic E-state index is -0.389. The second kappa shape index (κ2) is 7.11. The van der Waals surface area contributed by atoms with Crippen molar-refractivity contribution in [1.29, 1.82) is 0 Å². The van der Waals surface area contributed by atoms with E-state index in [1.807, 2.05) is 31.2 Å². The lowest BCUT2D eigenvalue weighted by atomic mass is 9.85. The molecular formula is C27H21N3O4S. The number of benzene rings is 2. The Morgan fingerprint density at radius 1 is 1.17 bits per heavy atom. The molecule has 0 saturated carbocycles. The van der Waals surface area contributed by atoms with Crippen LogP contribution >= 0.6 is 11.3 Å². The maximum atomic E-state index is 13.2. The van der Waals surface area contributed by atoms with Gasteiger partial charge in [0.25, 0.3) is 11.8 Å². The van der Waals surface area contributed by atoms with Crippen LogP contribution in [0.5, 0.6) is 0 Å². The maximum Gasteiger partial charge on any atom is 0.259 e. The Balaban J connectivity index is 1.63. The average molecular weight is 484 g/mol. The van der Waals surface area contributed by atoms with Crippen LogP contribution in [0.1, 0.15) is 60.7 Å². The summed E-state index contributed by atoms with van der Waals surface area (Å²) in [4.78, 5) is 45.1. The number of ketones is 1. The summed E-state index contributed by atoms with van der Waals surface area (Å²) in [5.41, 5.74) is 6.18. The molecule has 2 aromatic carbocycles. The summed E-state index contributed by atoms with van der Waals surface area (Å²) in [5, 5.41) is 5.04. The summed E-state index contributed by atoms with van der Waals surface area (Å²) in [7, 11) is 0. The number of amides is 2. The molecule has 3 aliphatic rings. The Hall–Kier alpha value is -3.78. The first kappa shape index (κ1) is 20.6. The van der Waals surface area contributed by atoms with Gasteiger partial charge in [0.1, 0.15) is 0 Å². The van der Waals surface area contributed by atoms with Crippen molar-refractivity contribution in [3.05, 3.63) is 63.0 Å². The molecule has 4 heterocycles. The zero-order chi connectivity index (χ0) is 24.0. The van der Waals surface area contributed by atoms with Crippen molar-refractivity contribution in [3.8, 4) is 10.4 Å². The number of imide groups is 1. The van der Waals surface area contributed by atoms with E-state index in [1.165, 1.54) is 0 Å². The second-order valence-corrected chi connectivity index (χ2v) is 10.3. The quantitative estimate of drug-likeness (QED) is 0.337. The van der Waals surface area contributed by atoms with Gasteiger partial charge in [-0.2, -0.15) is 0 Å². The number of carbonyl (C=O) groups is 3. The van der Waals surface area contributed by atoms with Gasteiger partial charge in [-0.15, -0.1) is 11.3 Å². The number of aromatic nitrogens is 2. The molecule has 0 unspecified atom stereocenters. The number of nitrogens with one attached hydrogen (secondary N) is 1. The number of carbonyl (C=O) groups excluding carboxylic acids is 3. The molecule has 1 N–H and O–H groups in total. The normalized spacial score (nSPS) is 16.2. The van der Waals surface area contributed by atoms with Gasteiger partial charge in [-0.05, 0) is 56.5 Å². The van der Waals surface area contributed by atoms with Crippen LogP contribution in [-0.2, 0) is 24.1 Å². The fourth-order valence-corrected chi connectivity index (χ4v) is 6.93. The number of aryl methyl sites for hydroxylation is 4. The number of nitrogens with zero attached hydrogens (tertiary/aromatic N) is 2. The van der Waals surface area contributed by atoms with Crippen LogP contribution in [0.2, 0.25) is 0 Å². The number of Topliss-reactive ketones (excluding diaryl/α,β-unsaturated/α-hetero) is 1. The van der Waals surface area contributed by atoms with Gasteiger partial charge in [0.2, 0.25) is 5.78 Å². The Morgan fingerprint density at radius 3 is 2.77 bits per heavy atom. The molecule has 2 amide bonds. The summed E-state index contributed by atoms with van der Waals surface area (Å²) in [6.07, 6.45) is 4.06. The smallest absolute Gasteiger partial charge is 0.259 e. The zero-order valence-electron chi connectivity index (χ0n) is 19.3. The van der Waals surface area contributed by atoms with Crippen molar-refractivity contribution in [2.75, 3.05) is 6.61 Å². The van der Waals surface area contributed by atoms with Gasteiger partial charge < -0.3 is 9.30 Å². The van der Waals surface area contributed by atoms with E-state index in [0.717, 1.165) is 67.8 Å². The zero-order valence-corrected chi connectivity index (χ0v) is 20.1. The largest absolute Gasteiger partial charge is 0.489 e. The van der Waals surface area contributed by atoms with Crippen molar-refractivity contribution >= 4 is 50.7 Å². The monoisotopic (exact) mass is 483 g/mol. The van der Waals surface area contributed by atoms with Crippen LogP contribution < -0.4 is 5.32 Å². The molecule has 8 heteroatoms. The standard InChI is InChI=1S/C27H21N3O4S/c1-3-30-17-9-6-13(24(31)18-5-4-10-34-18)11-15(17)19-21-22(27(33)29-26(21)32)20-14(23(19)30)7-8-16-25(20)35-12(2)28-16/h5-6,9,11H,3-4,7-8,10H2,1-2H3,(H,29,32,33). The Bertz CT molecular complexity index is 1710. The number of hydrogen-bond acceptors (Lipinski definition) is 6. The van der Waals surface area contributed by atoms with Gasteiger partial charge in [-0.25, -0.2) is 4.98 Å². The minimum Gasteiger partial charge on any atom is -0.489 e. The summed E-state index contributed by atoms with van der Waals surface area (Å²) in [5.74, 6) is -0.551. The molecule has 7 nitrogen and oxygen atoms in total. The van der Waals surface area contributed by atoms with E-state index in [1.54, 1.807) is 11.3 Å². The molecule has 4 aromatic rings. The van der Waals surface area contributed by atoms with E-state index < -0.39 is 0 Å². The van der Waals surface area contributed by atoms with Gasteiger partial charge in [0.15, 0.2) is 5.76 Å². The van der Waals surface area contributed by atoms with Crippen LogP contribution in [0.3, 0.4) is 0 Å². The lowest BCUT2D eigenvalue weighted by Gasteiger charge is -2.20. The lowest BCUT2D eigenvalue weighted by molar-refractivity contribution is 0.0879. The van der Waals surface area contributed by atoms with Crippen molar-refractivity contribution in [2.24, 2.45) is 0 Å². The van der Waals surface area contributed by atoms with Crippen LogP contribution in [0.15, 0.2) is 30.0 Å². The number of ether oxygens (including phenoxy) is 1. The fraction of sp³-hybridized carbons (Fsp3) is 0.259. The van der Waals surface area contributed by atoms with Crippen molar-refractivity contribution in [1.82, 2.24) is 14.9 Å². The van der Waals surface area contributed by atoms with E-state index >= 15 is 0 Å². The minimum absolute atomic E-state index is 0.165. The highest BCUT2D eigenvalue weighted by molar-refractivity contribution is 7.15. The van der Waals surface area contributed by atoms with Gasteiger partial charge in [0, 0.05) is 40.4 Å². The first-order valence-corrected chi connectivity index (χ1v) is 12.6. The van der Waals surface area contributed by atoms with E-state index in [-0.39, 0.29) is 17.6 Å². The highest BCUT2D eigenvalue weighted by Gasteiger charge is 2.39. The Kier molecular flexibility index (Phi) is 4.18. The molecule has 0 fully saturated rings.